The smallest absolute Gasteiger partial charge is 0.408 e. The summed E-state index contributed by atoms with van der Waals surface area (Å²) in [5, 5.41) is 8.49. The summed E-state index contributed by atoms with van der Waals surface area (Å²) in [6.45, 7) is 10.7. The number of benzene rings is 2. The number of hydrogen-bond acceptors (Lipinski definition) is 7. The van der Waals surface area contributed by atoms with Gasteiger partial charge in [-0.05, 0) is 83.5 Å². The summed E-state index contributed by atoms with van der Waals surface area (Å²) in [5.74, 6) is -0.977. The van der Waals surface area contributed by atoms with Crippen molar-refractivity contribution in [2.45, 2.75) is 65.2 Å². The van der Waals surface area contributed by atoms with Crippen LogP contribution >= 0.6 is 0 Å². The van der Waals surface area contributed by atoms with Crippen LogP contribution in [0.2, 0.25) is 0 Å². The predicted octanol–water partition coefficient (Wildman–Crippen LogP) is 4.22. The third-order valence-electron chi connectivity index (χ3n) is 5.13. The minimum atomic E-state index is -0.945. The zero-order valence-electron chi connectivity index (χ0n) is 24.0. The first-order valence-electron chi connectivity index (χ1n) is 12.7. The molecule has 2 rings (SSSR count). The Morgan fingerprint density at radius 3 is 1.85 bits per heavy atom. The first-order chi connectivity index (χ1) is 18.0. The number of ether oxygens (including phenoxy) is 2. The number of rotatable bonds is 9. The van der Waals surface area contributed by atoms with Gasteiger partial charge in [0, 0.05) is 31.9 Å². The molecule has 0 saturated carbocycles. The molecule has 212 valence electrons. The van der Waals surface area contributed by atoms with E-state index >= 15 is 0 Å². The molecule has 0 saturated heterocycles. The number of carbonyl (C=O) groups is 4. The number of nitrogens with one attached hydrogen (secondary N) is 3. The van der Waals surface area contributed by atoms with Crippen molar-refractivity contribution in [1.82, 2.24) is 10.2 Å². The number of esters is 1. The highest BCUT2D eigenvalue weighted by Crippen LogP contribution is 2.17. The van der Waals surface area contributed by atoms with E-state index < -0.39 is 35.2 Å². The van der Waals surface area contributed by atoms with Gasteiger partial charge in [0.25, 0.3) is 0 Å². The highest BCUT2D eigenvalue weighted by atomic mass is 16.6. The molecule has 0 radical (unpaired) electrons. The van der Waals surface area contributed by atoms with E-state index in [0.717, 1.165) is 11.3 Å². The van der Waals surface area contributed by atoms with Crippen LogP contribution < -0.4 is 16.0 Å². The topological polar surface area (TPSA) is 126 Å². The lowest BCUT2D eigenvalue weighted by atomic mass is 10.0. The van der Waals surface area contributed by atoms with Gasteiger partial charge in [0.05, 0.1) is 12.1 Å². The normalized spacial score (nSPS) is 12.1. The summed E-state index contributed by atoms with van der Waals surface area (Å²) in [4.78, 5) is 51.3. The fraction of sp³-hybridized carbons (Fsp3) is 0.448. The zero-order valence-corrected chi connectivity index (χ0v) is 24.0. The standard InChI is InChI=1S/C29H40N4O6/c1-28(2,3)38-26(36)20-11-15-22(16-12-20)31-25(35)23(32-27(37)39-29(4,5)6)17-19-9-13-21(14-10-19)30-18-24(34)33(7)8/h9-16,23,30H,17-18H2,1-8H3,(H,31,35)(H,32,37). The van der Waals surface area contributed by atoms with Crippen LogP contribution in [-0.4, -0.2) is 66.7 Å². The largest absolute Gasteiger partial charge is 0.456 e. The van der Waals surface area contributed by atoms with Gasteiger partial charge in [-0.2, -0.15) is 0 Å². The molecule has 0 aliphatic heterocycles. The number of amides is 3. The molecule has 0 fully saturated rings. The van der Waals surface area contributed by atoms with E-state index in [-0.39, 0.29) is 18.9 Å². The number of nitrogens with zero attached hydrogens (tertiary/aromatic N) is 1. The van der Waals surface area contributed by atoms with Gasteiger partial charge in [-0.1, -0.05) is 12.1 Å². The Morgan fingerprint density at radius 2 is 1.33 bits per heavy atom. The lowest BCUT2D eigenvalue weighted by Gasteiger charge is -2.23. The van der Waals surface area contributed by atoms with Crippen LogP contribution in [0.15, 0.2) is 48.5 Å². The summed E-state index contributed by atoms with van der Waals surface area (Å²) in [6.07, 6.45) is -0.527. The maximum absolute atomic E-state index is 13.2. The van der Waals surface area contributed by atoms with Crippen LogP contribution in [0.1, 0.15) is 57.5 Å². The van der Waals surface area contributed by atoms with Crippen molar-refractivity contribution >= 4 is 35.3 Å². The van der Waals surface area contributed by atoms with Gasteiger partial charge in [0.1, 0.15) is 17.2 Å². The second-order valence-corrected chi connectivity index (χ2v) is 11.3. The first-order valence-corrected chi connectivity index (χ1v) is 12.7. The molecule has 0 aliphatic rings. The summed E-state index contributed by atoms with van der Waals surface area (Å²) in [6, 6.07) is 12.6. The summed E-state index contributed by atoms with van der Waals surface area (Å²) >= 11 is 0. The molecule has 10 heteroatoms. The highest BCUT2D eigenvalue weighted by Gasteiger charge is 2.25. The fourth-order valence-corrected chi connectivity index (χ4v) is 3.25. The van der Waals surface area contributed by atoms with Gasteiger partial charge in [-0.15, -0.1) is 0 Å². The van der Waals surface area contributed by atoms with E-state index in [1.54, 1.807) is 92.0 Å². The molecule has 1 unspecified atom stereocenters. The van der Waals surface area contributed by atoms with Crippen molar-refractivity contribution in [3.05, 3.63) is 59.7 Å². The Balaban J connectivity index is 2.13. The maximum atomic E-state index is 13.2. The molecule has 0 spiro atoms. The van der Waals surface area contributed by atoms with Gasteiger partial charge in [0.15, 0.2) is 0 Å². The second-order valence-electron chi connectivity index (χ2n) is 11.3. The Labute approximate surface area is 230 Å². The van der Waals surface area contributed by atoms with Crippen molar-refractivity contribution < 1.29 is 28.7 Å². The van der Waals surface area contributed by atoms with Gasteiger partial charge in [0.2, 0.25) is 11.8 Å². The number of anilines is 2. The summed E-state index contributed by atoms with van der Waals surface area (Å²) < 4.78 is 10.7. The van der Waals surface area contributed by atoms with Gasteiger partial charge in [-0.3, -0.25) is 9.59 Å². The van der Waals surface area contributed by atoms with Crippen LogP contribution in [0.3, 0.4) is 0 Å². The van der Waals surface area contributed by atoms with E-state index in [1.807, 2.05) is 12.1 Å². The molecule has 3 amide bonds. The van der Waals surface area contributed by atoms with Crippen LogP contribution in [0.25, 0.3) is 0 Å². The first kappa shape index (κ1) is 31.1. The quantitative estimate of drug-likeness (QED) is 0.407. The third kappa shape index (κ3) is 11.5. The van der Waals surface area contributed by atoms with Crippen LogP contribution in [0.4, 0.5) is 16.2 Å². The molecular formula is C29H40N4O6. The second kappa shape index (κ2) is 13.1. The monoisotopic (exact) mass is 540 g/mol. The molecule has 3 N–H and O–H groups in total. The molecule has 2 aromatic rings. The van der Waals surface area contributed by atoms with Crippen molar-refractivity contribution in [2.24, 2.45) is 0 Å². The maximum Gasteiger partial charge on any atom is 0.408 e. The molecule has 39 heavy (non-hydrogen) atoms. The molecule has 10 nitrogen and oxygen atoms in total. The Bertz CT molecular complexity index is 1150. The van der Waals surface area contributed by atoms with Crippen molar-refractivity contribution in [3.63, 3.8) is 0 Å². The lowest BCUT2D eigenvalue weighted by molar-refractivity contribution is -0.126. The summed E-state index contributed by atoms with van der Waals surface area (Å²) in [5.41, 5.74) is 0.986. The van der Waals surface area contributed by atoms with Gasteiger partial charge < -0.3 is 30.3 Å². The lowest BCUT2D eigenvalue weighted by Crippen LogP contribution is -2.47. The van der Waals surface area contributed by atoms with Crippen molar-refractivity contribution in [2.75, 3.05) is 31.3 Å². The van der Waals surface area contributed by atoms with E-state index in [9.17, 15) is 19.2 Å². The number of carbonyl (C=O) groups excluding carboxylic acids is 4. The third-order valence-corrected chi connectivity index (χ3v) is 5.13. The van der Waals surface area contributed by atoms with Gasteiger partial charge in [-0.25, -0.2) is 9.59 Å². The average Bonchev–Trinajstić information content (AvgIpc) is 2.81. The van der Waals surface area contributed by atoms with Gasteiger partial charge >= 0.3 is 12.1 Å². The SMILES string of the molecule is CN(C)C(=O)CNc1ccc(CC(NC(=O)OC(C)(C)C)C(=O)Nc2ccc(C(=O)OC(C)(C)C)cc2)cc1. The molecular weight excluding hydrogens is 500 g/mol. The number of likely N-dealkylation sites (N-methyl/N-ethyl adjacent to an activating group) is 1. The Hall–Kier alpha value is -4.08. The Kier molecular flexibility index (Phi) is 10.5. The molecule has 2 aromatic carbocycles. The van der Waals surface area contributed by atoms with Crippen LogP contribution in [0.5, 0.6) is 0 Å². The number of alkyl carbamates (subject to hydrolysis) is 1. The van der Waals surface area contributed by atoms with E-state index in [1.165, 1.54) is 4.90 Å². The van der Waals surface area contributed by atoms with Crippen molar-refractivity contribution in [3.8, 4) is 0 Å². The van der Waals surface area contributed by atoms with Crippen LogP contribution in [0, 0.1) is 0 Å². The van der Waals surface area contributed by atoms with Crippen molar-refractivity contribution in [1.29, 1.82) is 0 Å². The fourth-order valence-electron chi connectivity index (χ4n) is 3.25. The zero-order chi connectivity index (χ0) is 29.4. The van der Waals surface area contributed by atoms with Crippen LogP contribution in [-0.2, 0) is 25.5 Å². The minimum Gasteiger partial charge on any atom is -0.456 e. The highest BCUT2D eigenvalue weighted by molar-refractivity contribution is 5.97. The van der Waals surface area contributed by atoms with E-state index in [0.29, 0.717) is 11.3 Å². The summed E-state index contributed by atoms with van der Waals surface area (Å²) in [7, 11) is 3.37. The number of hydrogen-bond donors (Lipinski definition) is 3. The van der Waals surface area contributed by atoms with E-state index in [4.69, 9.17) is 9.47 Å². The molecule has 0 aromatic heterocycles. The molecule has 1 atom stereocenters. The molecule has 0 bridgehead atoms. The average molecular weight is 541 g/mol. The Morgan fingerprint density at radius 1 is 0.795 bits per heavy atom. The predicted molar refractivity (Wildman–Crippen MR) is 151 cm³/mol. The van der Waals surface area contributed by atoms with E-state index in [2.05, 4.69) is 16.0 Å². The molecule has 0 heterocycles. The minimum absolute atomic E-state index is 0.0588. The molecule has 0 aliphatic carbocycles.